The third-order valence-corrected chi connectivity index (χ3v) is 5.22. The zero-order chi connectivity index (χ0) is 18.0. The molecule has 1 saturated heterocycles. The molecule has 3 rings (SSSR count). The van der Waals surface area contributed by atoms with Crippen LogP contribution in [0.1, 0.15) is 43.0 Å². The van der Waals surface area contributed by atoms with Crippen LogP contribution in [0.15, 0.2) is 18.2 Å². The van der Waals surface area contributed by atoms with Crippen molar-refractivity contribution in [3.63, 3.8) is 0 Å². The second-order valence-corrected chi connectivity index (χ2v) is 6.81. The first kappa shape index (κ1) is 17.4. The number of hydrogen-bond donors (Lipinski definition) is 0. The number of carbonyl (C=O) groups excluding carboxylic acids is 2. The van der Waals surface area contributed by atoms with Crippen LogP contribution in [0, 0.1) is 16.0 Å². The molecule has 1 aromatic carbocycles. The van der Waals surface area contributed by atoms with Crippen LogP contribution < -0.4 is 4.90 Å². The Kier molecular flexibility index (Phi) is 5.01. The van der Waals surface area contributed by atoms with Crippen molar-refractivity contribution in [2.75, 3.05) is 31.1 Å². The highest BCUT2D eigenvalue weighted by Crippen LogP contribution is 2.31. The standard InChI is InChI=1S/C18H23N3O4/c1-13(22)15-6-7-16(17(12-15)21(24)25)19-8-10-20(11-9-19)18(23)14-4-2-3-5-14/h6-7,12,14H,2-5,8-11H2,1H3. The molecule has 0 atom stereocenters. The van der Waals surface area contributed by atoms with Crippen molar-refractivity contribution in [1.82, 2.24) is 4.90 Å². The fourth-order valence-corrected chi connectivity index (χ4v) is 3.75. The molecule has 25 heavy (non-hydrogen) atoms. The van der Waals surface area contributed by atoms with Gasteiger partial charge in [-0.05, 0) is 31.9 Å². The van der Waals surface area contributed by atoms with Gasteiger partial charge in [0.2, 0.25) is 5.91 Å². The number of anilines is 1. The molecule has 0 aromatic heterocycles. The zero-order valence-electron chi connectivity index (χ0n) is 14.4. The van der Waals surface area contributed by atoms with E-state index in [-0.39, 0.29) is 23.3 Å². The molecule has 1 aromatic rings. The van der Waals surface area contributed by atoms with Gasteiger partial charge in [-0.1, -0.05) is 12.8 Å². The number of carbonyl (C=O) groups is 2. The molecule has 134 valence electrons. The number of Topliss-reactive ketones (excluding diaryl/α,β-unsaturated/α-hetero) is 1. The first-order chi connectivity index (χ1) is 12.0. The lowest BCUT2D eigenvalue weighted by atomic mass is 10.1. The highest BCUT2D eigenvalue weighted by molar-refractivity contribution is 5.95. The van der Waals surface area contributed by atoms with Crippen LogP contribution >= 0.6 is 0 Å². The summed E-state index contributed by atoms with van der Waals surface area (Å²) in [6.07, 6.45) is 4.23. The Morgan fingerprint density at radius 2 is 1.76 bits per heavy atom. The van der Waals surface area contributed by atoms with Gasteiger partial charge in [0.15, 0.2) is 5.78 Å². The second kappa shape index (κ2) is 7.21. The van der Waals surface area contributed by atoms with E-state index in [1.165, 1.54) is 13.0 Å². The molecule has 0 spiro atoms. The van der Waals surface area contributed by atoms with Crippen molar-refractivity contribution < 1.29 is 14.5 Å². The summed E-state index contributed by atoms with van der Waals surface area (Å²) in [6, 6.07) is 4.61. The number of amides is 1. The van der Waals surface area contributed by atoms with Crippen molar-refractivity contribution in [2.24, 2.45) is 5.92 Å². The van der Waals surface area contributed by atoms with Gasteiger partial charge < -0.3 is 9.80 Å². The molecule has 2 aliphatic rings. The number of nitro benzene ring substituents is 1. The molecule has 2 fully saturated rings. The maximum absolute atomic E-state index is 12.5. The summed E-state index contributed by atoms with van der Waals surface area (Å²) in [7, 11) is 0. The van der Waals surface area contributed by atoms with Crippen LogP contribution in [0.5, 0.6) is 0 Å². The van der Waals surface area contributed by atoms with E-state index in [2.05, 4.69) is 0 Å². The summed E-state index contributed by atoms with van der Waals surface area (Å²) < 4.78 is 0. The first-order valence-electron chi connectivity index (χ1n) is 8.80. The summed E-state index contributed by atoms with van der Waals surface area (Å²) in [6.45, 7) is 3.70. The fraction of sp³-hybridized carbons (Fsp3) is 0.556. The fourth-order valence-electron chi connectivity index (χ4n) is 3.75. The molecule has 0 radical (unpaired) electrons. The lowest BCUT2D eigenvalue weighted by Gasteiger charge is -2.37. The Bertz CT molecular complexity index is 690. The van der Waals surface area contributed by atoms with Gasteiger partial charge in [-0.2, -0.15) is 0 Å². The van der Waals surface area contributed by atoms with Crippen LogP contribution in [0.25, 0.3) is 0 Å². The third-order valence-electron chi connectivity index (χ3n) is 5.22. The molecule has 1 heterocycles. The molecule has 0 bridgehead atoms. The summed E-state index contributed by atoms with van der Waals surface area (Å²) in [4.78, 5) is 38.7. The monoisotopic (exact) mass is 345 g/mol. The van der Waals surface area contributed by atoms with E-state index in [4.69, 9.17) is 0 Å². The lowest BCUT2D eigenvalue weighted by molar-refractivity contribution is -0.384. The average molecular weight is 345 g/mol. The Hall–Kier alpha value is -2.44. The van der Waals surface area contributed by atoms with Crippen LogP contribution in [0.4, 0.5) is 11.4 Å². The minimum Gasteiger partial charge on any atom is -0.362 e. The van der Waals surface area contributed by atoms with Crippen molar-refractivity contribution >= 4 is 23.1 Å². The number of nitro groups is 1. The minimum absolute atomic E-state index is 0.0525. The minimum atomic E-state index is -0.447. The quantitative estimate of drug-likeness (QED) is 0.476. The first-order valence-corrected chi connectivity index (χ1v) is 8.80. The number of ketones is 1. The van der Waals surface area contributed by atoms with Gasteiger partial charge in [0.1, 0.15) is 5.69 Å². The summed E-state index contributed by atoms with van der Waals surface area (Å²) in [5.74, 6) is 0.205. The van der Waals surface area contributed by atoms with Gasteiger partial charge in [-0.3, -0.25) is 19.7 Å². The van der Waals surface area contributed by atoms with E-state index in [1.54, 1.807) is 12.1 Å². The maximum Gasteiger partial charge on any atom is 0.293 e. The van der Waals surface area contributed by atoms with Crippen molar-refractivity contribution in [2.45, 2.75) is 32.6 Å². The molecular weight excluding hydrogens is 322 g/mol. The molecule has 7 heteroatoms. The molecule has 1 aliphatic heterocycles. The number of nitrogens with zero attached hydrogens (tertiary/aromatic N) is 3. The van der Waals surface area contributed by atoms with Gasteiger partial charge >= 0.3 is 0 Å². The molecule has 1 saturated carbocycles. The van der Waals surface area contributed by atoms with E-state index in [1.807, 2.05) is 9.80 Å². The van der Waals surface area contributed by atoms with Crippen LogP contribution in [0.2, 0.25) is 0 Å². The molecular formula is C18H23N3O4. The predicted molar refractivity (Wildman–Crippen MR) is 93.9 cm³/mol. The smallest absolute Gasteiger partial charge is 0.293 e. The molecule has 1 aliphatic carbocycles. The van der Waals surface area contributed by atoms with Gasteiger partial charge in [0.05, 0.1) is 4.92 Å². The van der Waals surface area contributed by atoms with Crippen LogP contribution in [-0.2, 0) is 4.79 Å². The highest BCUT2D eigenvalue weighted by Gasteiger charge is 2.31. The van der Waals surface area contributed by atoms with Gasteiger partial charge in [-0.25, -0.2) is 0 Å². The number of hydrogen-bond acceptors (Lipinski definition) is 5. The van der Waals surface area contributed by atoms with Crippen molar-refractivity contribution in [3.05, 3.63) is 33.9 Å². The van der Waals surface area contributed by atoms with E-state index < -0.39 is 4.92 Å². The van der Waals surface area contributed by atoms with Crippen molar-refractivity contribution in [1.29, 1.82) is 0 Å². The Morgan fingerprint density at radius 1 is 1.12 bits per heavy atom. The molecule has 0 N–H and O–H groups in total. The summed E-state index contributed by atoms with van der Waals surface area (Å²) in [5.41, 5.74) is 0.803. The third kappa shape index (κ3) is 3.65. The molecule has 1 amide bonds. The Morgan fingerprint density at radius 3 is 2.32 bits per heavy atom. The van der Waals surface area contributed by atoms with E-state index in [0.717, 1.165) is 25.7 Å². The largest absolute Gasteiger partial charge is 0.362 e. The normalized spacial score (nSPS) is 18.4. The number of benzene rings is 1. The van der Waals surface area contributed by atoms with Crippen molar-refractivity contribution in [3.8, 4) is 0 Å². The summed E-state index contributed by atoms with van der Waals surface area (Å²) in [5, 5.41) is 11.4. The molecule has 0 unspecified atom stereocenters. The van der Waals surface area contributed by atoms with Gasteiger partial charge in [-0.15, -0.1) is 0 Å². The van der Waals surface area contributed by atoms with E-state index >= 15 is 0 Å². The summed E-state index contributed by atoms with van der Waals surface area (Å²) >= 11 is 0. The Labute approximate surface area is 146 Å². The van der Waals surface area contributed by atoms with Crippen LogP contribution in [-0.4, -0.2) is 47.7 Å². The van der Waals surface area contributed by atoms with E-state index in [0.29, 0.717) is 37.4 Å². The number of piperazine rings is 1. The highest BCUT2D eigenvalue weighted by atomic mass is 16.6. The van der Waals surface area contributed by atoms with Gasteiger partial charge in [0, 0.05) is 43.7 Å². The zero-order valence-corrected chi connectivity index (χ0v) is 14.4. The number of rotatable bonds is 4. The Balaban J connectivity index is 1.71. The second-order valence-electron chi connectivity index (χ2n) is 6.81. The van der Waals surface area contributed by atoms with Gasteiger partial charge in [0.25, 0.3) is 5.69 Å². The van der Waals surface area contributed by atoms with Crippen LogP contribution in [0.3, 0.4) is 0 Å². The molecule has 7 nitrogen and oxygen atoms in total. The predicted octanol–water partition coefficient (Wildman–Crippen LogP) is 2.64. The SMILES string of the molecule is CC(=O)c1ccc(N2CCN(C(=O)C3CCCC3)CC2)c([N+](=O)[O-])c1. The maximum atomic E-state index is 12.5. The van der Waals surface area contributed by atoms with E-state index in [9.17, 15) is 19.7 Å². The lowest BCUT2D eigenvalue weighted by Crippen LogP contribution is -2.50. The topological polar surface area (TPSA) is 83.8 Å². The average Bonchev–Trinajstić information content (AvgIpc) is 3.15.